The highest BCUT2D eigenvalue weighted by molar-refractivity contribution is 7.98. The zero-order chi connectivity index (χ0) is 10.4. The van der Waals surface area contributed by atoms with Gasteiger partial charge in [-0.1, -0.05) is 30.3 Å². The Kier molecular flexibility index (Phi) is 4.32. The Balaban J connectivity index is 2.72. The predicted molar refractivity (Wildman–Crippen MR) is 58.7 cm³/mol. The third kappa shape index (κ3) is 3.30. The summed E-state index contributed by atoms with van der Waals surface area (Å²) in [5.41, 5.74) is 1.00. The van der Waals surface area contributed by atoms with Gasteiger partial charge in [-0.3, -0.25) is 0 Å². The maximum absolute atomic E-state index is 10.5. The quantitative estimate of drug-likeness (QED) is 0.803. The van der Waals surface area contributed by atoms with Gasteiger partial charge in [0.15, 0.2) is 0 Å². The molecular weight excluding hydrogens is 198 g/mol. The molecule has 3 nitrogen and oxygen atoms in total. The van der Waals surface area contributed by atoms with Crippen LogP contribution in [0.4, 0.5) is 4.79 Å². The summed E-state index contributed by atoms with van der Waals surface area (Å²) in [5.74, 6) is 0.746. The largest absolute Gasteiger partial charge is 0.465 e. The number of carbonyl (C=O) groups is 1. The van der Waals surface area contributed by atoms with Gasteiger partial charge in [0.25, 0.3) is 0 Å². The number of carboxylic acid groups (broad SMARTS) is 1. The molecular formula is C10H13NO2S. The summed E-state index contributed by atoms with van der Waals surface area (Å²) >= 11 is 1.62. The lowest BCUT2D eigenvalue weighted by atomic mass is 10.1. The van der Waals surface area contributed by atoms with Gasteiger partial charge < -0.3 is 10.4 Å². The van der Waals surface area contributed by atoms with E-state index < -0.39 is 6.09 Å². The number of hydrogen-bond donors (Lipinski definition) is 2. The number of thioether (sulfide) groups is 1. The van der Waals surface area contributed by atoms with Crippen LogP contribution in [0, 0.1) is 0 Å². The van der Waals surface area contributed by atoms with Crippen molar-refractivity contribution in [3.63, 3.8) is 0 Å². The molecule has 1 rings (SSSR count). The van der Waals surface area contributed by atoms with Crippen LogP contribution in [0.5, 0.6) is 0 Å². The monoisotopic (exact) mass is 211 g/mol. The van der Waals surface area contributed by atoms with E-state index in [1.54, 1.807) is 11.8 Å². The molecule has 1 amide bonds. The fourth-order valence-corrected chi connectivity index (χ4v) is 1.83. The van der Waals surface area contributed by atoms with E-state index in [2.05, 4.69) is 5.32 Å². The minimum absolute atomic E-state index is 0.122. The molecule has 0 saturated heterocycles. The smallest absolute Gasteiger partial charge is 0.405 e. The first-order valence-electron chi connectivity index (χ1n) is 4.27. The summed E-state index contributed by atoms with van der Waals surface area (Å²) in [7, 11) is 0. The number of benzene rings is 1. The molecule has 0 aliphatic carbocycles. The first kappa shape index (κ1) is 10.9. The zero-order valence-electron chi connectivity index (χ0n) is 7.93. The molecule has 14 heavy (non-hydrogen) atoms. The van der Waals surface area contributed by atoms with Gasteiger partial charge in [-0.2, -0.15) is 11.8 Å². The van der Waals surface area contributed by atoms with Crippen LogP contribution in [0.25, 0.3) is 0 Å². The summed E-state index contributed by atoms with van der Waals surface area (Å²) in [6.45, 7) is 0. The van der Waals surface area contributed by atoms with Gasteiger partial charge in [0, 0.05) is 5.75 Å². The maximum atomic E-state index is 10.5. The predicted octanol–water partition coefficient (Wildman–Crippen LogP) is 2.36. The minimum Gasteiger partial charge on any atom is -0.465 e. The summed E-state index contributed by atoms with van der Waals surface area (Å²) in [4.78, 5) is 10.5. The minimum atomic E-state index is -0.979. The third-order valence-corrected chi connectivity index (χ3v) is 2.50. The number of nitrogens with one attached hydrogen (secondary N) is 1. The summed E-state index contributed by atoms with van der Waals surface area (Å²) in [6.07, 6.45) is 0.979. The van der Waals surface area contributed by atoms with Crippen LogP contribution in [0.1, 0.15) is 11.6 Å². The standard InChI is InChI=1S/C10H13NO2S/c1-14-7-9(11-10(12)13)8-5-3-2-4-6-8/h2-6,9,11H,7H2,1H3,(H,12,13). The van der Waals surface area contributed by atoms with Gasteiger partial charge in [0.2, 0.25) is 0 Å². The van der Waals surface area contributed by atoms with Gasteiger partial charge in [-0.15, -0.1) is 0 Å². The number of rotatable bonds is 4. The Morgan fingerprint density at radius 2 is 2.14 bits per heavy atom. The van der Waals surface area contributed by atoms with Gasteiger partial charge in [-0.25, -0.2) is 4.79 Å². The first-order chi connectivity index (χ1) is 6.74. The molecule has 4 heteroatoms. The van der Waals surface area contributed by atoms with Crippen LogP contribution in [0.15, 0.2) is 30.3 Å². The molecule has 1 aromatic carbocycles. The average Bonchev–Trinajstić information content (AvgIpc) is 2.18. The lowest BCUT2D eigenvalue weighted by Crippen LogP contribution is -2.28. The van der Waals surface area contributed by atoms with E-state index in [0.29, 0.717) is 0 Å². The van der Waals surface area contributed by atoms with E-state index in [4.69, 9.17) is 5.11 Å². The molecule has 1 atom stereocenters. The summed E-state index contributed by atoms with van der Waals surface area (Å²) < 4.78 is 0. The van der Waals surface area contributed by atoms with E-state index >= 15 is 0 Å². The van der Waals surface area contributed by atoms with Crippen molar-refractivity contribution in [1.29, 1.82) is 0 Å². The van der Waals surface area contributed by atoms with Crippen molar-refractivity contribution in [3.05, 3.63) is 35.9 Å². The van der Waals surface area contributed by atoms with Crippen molar-refractivity contribution in [2.75, 3.05) is 12.0 Å². The average molecular weight is 211 g/mol. The highest BCUT2D eigenvalue weighted by atomic mass is 32.2. The lowest BCUT2D eigenvalue weighted by molar-refractivity contribution is 0.191. The molecule has 0 radical (unpaired) electrons. The summed E-state index contributed by atoms with van der Waals surface area (Å²) in [6, 6.07) is 9.47. The van der Waals surface area contributed by atoms with Crippen LogP contribution in [-0.4, -0.2) is 23.2 Å². The second-order valence-electron chi connectivity index (χ2n) is 2.87. The Morgan fingerprint density at radius 1 is 1.50 bits per heavy atom. The van der Waals surface area contributed by atoms with E-state index in [1.807, 2.05) is 36.6 Å². The van der Waals surface area contributed by atoms with Gasteiger partial charge in [-0.05, 0) is 11.8 Å². The van der Waals surface area contributed by atoms with Crippen LogP contribution in [-0.2, 0) is 0 Å². The molecule has 76 valence electrons. The highest BCUT2D eigenvalue weighted by Gasteiger charge is 2.12. The Bertz CT molecular complexity index is 289. The van der Waals surface area contributed by atoms with Crippen molar-refractivity contribution < 1.29 is 9.90 Å². The fourth-order valence-electron chi connectivity index (χ4n) is 1.22. The van der Waals surface area contributed by atoms with E-state index in [0.717, 1.165) is 11.3 Å². The highest BCUT2D eigenvalue weighted by Crippen LogP contribution is 2.16. The Hall–Kier alpha value is -1.16. The van der Waals surface area contributed by atoms with Crippen molar-refractivity contribution in [3.8, 4) is 0 Å². The molecule has 0 bridgehead atoms. The molecule has 0 fully saturated rings. The van der Waals surface area contributed by atoms with Gasteiger partial charge in [0.1, 0.15) is 0 Å². The normalized spacial score (nSPS) is 12.1. The Labute approximate surface area is 87.5 Å². The second-order valence-corrected chi connectivity index (χ2v) is 3.78. The third-order valence-electron chi connectivity index (χ3n) is 1.83. The van der Waals surface area contributed by atoms with Crippen LogP contribution >= 0.6 is 11.8 Å². The topological polar surface area (TPSA) is 49.3 Å². The van der Waals surface area contributed by atoms with Gasteiger partial charge >= 0.3 is 6.09 Å². The second kappa shape index (κ2) is 5.54. The molecule has 0 aliphatic rings. The molecule has 1 aromatic rings. The molecule has 0 aromatic heterocycles. The fraction of sp³-hybridized carbons (Fsp3) is 0.300. The molecule has 0 saturated carbocycles. The molecule has 0 aliphatic heterocycles. The maximum Gasteiger partial charge on any atom is 0.405 e. The molecule has 2 N–H and O–H groups in total. The van der Waals surface area contributed by atoms with Crippen molar-refractivity contribution in [2.24, 2.45) is 0 Å². The number of hydrogen-bond acceptors (Lipinski definition) is 2. The number of amides is 1. The van der Waals surface area contributed by atoms with E-state index in [9.17, 15) is 4.79 Å². The van der Waals surface area contributed by atoms with Crippen molar-refractivity contribution in [1.82, 2.24) is 5.32 Å². The Morgan fingerprint density at radius 3 is 2.64 bits per heavy atom. The zero-order valence-corrected chi connectivity index (χ0v) is 8.75. The lowest BCUT2D eigenvalue weighted by Gasteiger charge is -2.15. The van der Waals surface area contributed by atoms with Crippen molar-refractivity contribution in [2.45, 2.75) is 6.04 Å². The molecule has 0 heterocycles. The van der Waals surface area contributed by atoms with Crippen LogP contribution < -0.4 is 5.32 Å². The molecule has 1 unspecified atom stereocenters. The van der Waals surface area contributed by atoms with Gasteiger partial charge in [0.05, 0.1) is 6.04 Å². The SMILES string of the molecule is CSCC(NC(=O)O)c1ccccc1. The van der Waals surface area contributed by atoms with E-state index in [1.165, 1.54) is 0 Å². The molecule has 0 spiro atoms. The van der Waals surface area contributed by atoms with E-state index in [-0.39, 0.29) is 6.04 Å². The summed E-state index contributed by atoms with van der Waals surface area (Å²) in [5, 5.41) is 11.1. The van der Waals surface area contributed by atoms with Crippen molar-refractivity contribution >= 4 is 17.9 Å². The first-order valence-corrected chi connectivity index (χ1v) is 5.66. The van der Waals surface area contributed by atoms with Crippen LogP contribution in [0.3, 0.4) is 0 Å². The van der Waals surface area contributed by atoms with Crippen LogP contribution in [0.2, 0.25) is 0 Å².